The van der Waals surface area contributed by atoms with Crippen molar-refractivity contribution in [1.82, 2.24) is 19.8 Å². The molecular formula is C20H34N6O. The molecule has 2 N–H and O–H groups in total. The molecule has 27 heavy (non-hydrogen) atoms. The van der Waals surface area contributed by atoms with Crippen LogP contribution in [-0.2, 0) is 0 Å². The Labute approximate surface area is 162 Å². The summed E-state index contributed by atoms with van der Waals surface area (Å²) in [7, 11) is 2.16. The SMILES string of the molecule is CCN(C)CC1CCN(C(=O)c2nc(C)c(C)c(N3CC[C@@H](N)C3)n2)CC1. The highest BCUT2D eigenvalue weighted by Crippen LogP contribution is 2.25. The standard InChI is InChI=1S/C20H34N6O/c1-5-24(4)12-16-6-9-25(10-7-16)20(27)18-22-15(3)14(2)19(23-18)26-11-8-17(21)13-26/h16-17H,5-13,21H2,1-4H3/t17-/m1/s1. The number of aromatic nitrogens is 2. The van der Waals surface area contributed by atoms with Crippen molar-refractivity contribution in [2.45, 2.75) is 46.1 Å². The lowest BCUT2D eigenvalue weighted by atomic mass is 9.96. The van der Waals surface area contributed by atoms with Crippen molar-refractivity contribution in [3.63, 3.8) is 0 Å². The number of likely N-dealkylation sites (tertiary alicyclic amines) is 1. The number of hydrogen-bond donors (Lipinski definition) is 1. The molecule has 150 valence electrons. The molecule has 1 aromatic heterocycles. The molecule has 1 atom stereocenters. The van der Waals surface area contributed by atoms with Gasteiger partial charge >= 0.3 is 0 Å². The second-order valence-electron chi connectivity index (χ2n) is 8.17. The molecular weight excluding hydrogens is 340 g/mol. The van der Waals surface area contributed by atoms with Gasteiger partial charge in [0.15, 0.2) is 0 Å². The summed E-state index contributed by atoms with van der Waals surface area (Å²) in [5.74, 6) is 1.84. The first-order valence-corrected chi connectivity index (χ1v) is 10.2. The summed E-state index contributed by atoms with van der Waals surface area (Å²) in [6.07, 6.45) is 3.06. The fourth-order valence-electron chi connectivity index (χ4n) is 4.03. The number of rotatable bonds is 5. The van der Waals surface area contributed by atoms with E-state index in [1.807, 2.05) is 18.7 Å². The smallest absolute Gasteiger partial charge is 0.291 e. The molecule has 7 nitrogen and oxygen atoms in total. The first-order chi connectivity index (χ1) is 12.9. The highest BCUT2D eigenvalue weighted by Gasteiger charge is 2.28. The van der Waals surface area contributed by atoms with Crippen LogP contribution in [0.3, 0.4) is 0 Å². The lowest BCUT2D eigenvalue weighted by molar-refractivity contribution is 0.0662. The Morgan fingerprint density at radius 2 is 1.89 bits per heavy atom. The van der Waals surface area contributed by atoms with E-state index in [-0.39, 0.29) is 11.9 Å². The van der Waals surface area contributed by atoms with Crippen molar-refractivity contribution in [2.75, 3.05) is 51.2 Å². The molecule has 1 aromatic rings. The minimum absolute atomic E-state index is 0.0369. The van der Waals surface area contributed by atoms with Gasteiger partial charge in [0.2, 0.25) is 5.82 Å². The number of anilines is 1. The highest BCUT2D eigenvalue weighted by molar-refractivity contribution is 5.91. The average molecular weight is 375 g/mol. The number of piperidine rings is 1. The Kier molecular flexibility index (Phi) is 6.32. The molecule has 0 unspecified atom stereocenters. The molecule has 0 bridgehead atoms. The molecule has 3 heterocycles. The zero-order valence-electron chi connectivity index (χ0n) is 17.2. The Morgan fingerprint density at radius 1 is 1.19 bits per heavy atom. The number of amides is 1. The number of carbonyl (C=O) groups is 1. The van der Waals surface area contributed by atoms with Crippen LogP contribution in [0.2, 0.25) is 0 Å². The van der Waals surface area contributed by atoms with Gasteiger partial charge in [-0.3, -0.25) is 4.79 Å². The van der Waals surface area contributed by atoms with Crippen molar-refractivity contribution >= 4 is 11.7 Å². The van der Waals surface area contributed by atoms with Gasteiger partial charge in [0.05, 0.1) is 0 Å². The molecule has 0 saturated carbocycles. The normalized spacial score (nSPS) is 21.3. The predicted molar refractivity (Wildman–Crippen MR) is 108 cm³/mol. The number of nitrogens with zero attached hydrogens (tertiary/aromatic N) is 5. The zero-order chi connectivity index (χ0) is 19.6. The molecule has 7 heteroatoms. The molecule has 2 saturated heterocycles. The van der Waals surface area contributed by atoms with E-state index in [1.165, 1.54) is 0 Å². The first-order valence-electron chi connectivity index (χ1n) is 10.2. The van der Waals surface area contributed by atoms with Crippen LogP contribution >= 0.6 is 0 Å². The topological polar surface area (TPSA) is 78.6 Å². The quantitative estimate of drug-likeness (QED) is 0.840. The molecule has 0 radical (unpaired) electrons. The average Bonchev–Trinajstić information content (AvgIpc) is 3.10. The van der Waals surface area contributed by atoms with E-state index in [0.717, 1.165) is 75.6 Å². The van der Waals surface area contributed by atoms with Crippen molar-refractivity contribution in [2.24, 2.45) is 11.7 Å². The number of nitrogens with two attached hydrogens (primary N) is 1. The summed E-state index contributed by atoms with van der Waals surface area (Å²) in [6, 6.07) is 0.180. The monoisotopic (exact) mass is 374 g/mol. The van der Waals surface area contributed by atoms with Crippen LogP contribution in [0.4, 0.5) is 5.82 Å². The van der Waals surface area contributed by atoms with Gasteiger partial charge in [-0.2, -0.15) is 0 Å². The van der Waals surface area contributed by atoms with Gasteiger partial charge < -0.3 is 20.4 Å². The Balaban J connectivity index is 1.69. The third kappa shape index (κ3) is 4.58. The molecule has 2 fully saturated rings. The molecule has 1 amide bonds. The first kappa shape index (κ1) is 20.0. The van der Waals surface area contributed by atoms with Gasteiger partial charge in [-0.1, -0.05) is 6.92 Å². The van der Waals surface area contributed by atoms with Crippen molar-refractivity contribution in [1.29, 1.82) is 0 Å². The van der Waals surface area contributed by atoms with Crippen LogP contribution < -0.4 is 10.6 Å². The van der Waals surface area contributed by atoms with Crippen molar-refractivity contribution < 1.29 is 4.79 Å². The molecule has 0 spiro atoms. The van der Waals surface area contributed by atoms with Crippen LogP contribution in [0.25, 0.3) is 0 Å². The maximum Gasteiger partial charge on any atom is 0.291 e. The Morgan fingerprint density at radius 3 is 2.48 bits per heavy atom. The predicted octanol–water partition coefficient (Wildman–Crippen LogP) is 1.43. The van der Waals surface area contributed by atoms with Crippen molar-refractivity contribution in [3.8, 4) is 0 Å². The van der Waals surface area contributed by atoms with Gasteiger partial charge in [-0.05, 0) is 52.6 Å². The fourth-order valence-corrected chi connectivity index (χ4v) is 4.03. The zero-order valence-corrected chi connectivity index (χ0v) is 17.2. The maximum absolute atomic E-state index is 13.0. The lowest BCUT2D eigenvalue weighted by Gasteiger charge is -2.33. The minimum Gasteiger partial charge on any atom is -0.355 e. The number of aryl methyl sites for hydroxylation is 1. The van der Waals surface area contributed by atoms with E-state index < -0.39 is 0 Å². The lowest BCUT2D eigenvalue weighted by Crippen LogP contribution is -2.42. The molecule has 2 aliphatic heterocycles. The van der Waals surface area contributed by atoms with Crippen LogP contribution in [0.1, 0.15) is 48.1 Å². The molecule has 0 aromatic carbocycles. The van der Waals surface area contributed by atoms with Gasteiger partial charge in [0.1, 0.15) is 5.82 Å². The maximum atomic E-state index is 13.0. The van der Waals surface area contributed by atoms with Gasteiger partial charge in [-0.15, -0.1) is 0 Å². The summed E-state index contributed by atoms with van der Waals surface area (Å²) in [6.45, 7) is 11.6. The molecule has 3 rings (SSSR count). The summed E-state index contributed by atoms with van der Waals surface area (Å²) in [4.78, 5) is 28.7. The third-order valence-electron chi connectivity index (χ3n) is 6.09. The Bertz CT molecular complexity index is 671. The van der Waals surface area contributed by atoms with E-state index in [2.05, 4.69) is 33.7 Å². The van der Waals surface area contributed by atoms with Gasteiger partial charge in [0, 0.05) is 50.0 Å². The second-order valence-corrected chi connectivity index (χ2v) is 8.17. The fraction of sp³-hybridized carbons (Fsp3) is 0.750. The van der Waals surface area contributed by atoms with Crippen molar-refractivity contribution in [3.05, 3.63) is 17.1 Å². The second kappa shape index (κ2) is 8.52. The van der Waals surface area contributed by atoms with Gasteiger partial charge in [0.25, 0.3) is 5.91 Å². The van der Waals surface area contributed by atoms with Crippen LogP contribution in [0.5, 0.6) is 0 Å². The van der Waals surface area contributed by atoms with Crippen LogP contribution in [0.15, 0.2) is 0 Å². The van der Waals surface area contributed by atoms with E-state index in [0.29, 0.717) is 11.7 Å². The van der Waals surface area contributed by atoms with E-state index in [1.54, 1.807) is 0 Å². The molecule has 0 aliphatic carbocycles. The van der Waals surface area contributed by atoms with Crippen LogP contribution in [0, 0.1) is 19.8 Å². The van der Waals surface area contributed by atoms with E-state index in [9.17, 15) is 4.79 Å². The van der Waals surface area contributed by atoms with Gasteiger partial charge in [-0.25, -0.2) is 9.97 Å². The highest BCUT2D eigenvalue weighted by atomic mass is 16.2. The van der Waals surface area contributed by atoms with E-state index in [4.69, 9.17) is 5.73 Å². The summed E-state index contributed by atoms with van der Waals surface area (Å²) in [5.41, 5.74) is 7.98. The number of carbonyl (C=O) groups excluding carboxylic acids is 1. The van der Waals surface area contributed by atoms with Crippen LogP contribution in [-0.4, -0.2) is 78.0 Å². The Hall–Kier alpha value is -1.73. The summed E-state index contributed by atoms with van der Waals surface area (Å²) >= 11 is 0. The summed E-state index contributed by atoms with van der Waals surface area (Å²) in [5, 5.41) is 0. The van der Waals surface area contributed by atoms with E-state index >= 15 is 0 Å². The summed E-state index contributed by atoms with van der Waals surface area (Å²) < 4.78 is 0. The largest absolute Gasteiger partial charge is 0.355 e. The third-order valence-corrected chi connectivity index (χ3v) is 6.09. The number of hydrogen-bond acceptors (Lipinski definition) is 6. The molecule has 2 aliphatic rings. The minimum atomic E-state index is -0.0369.